The molecule has 0 saturated heterocycles. The Morgan fingerprint density at radius 3 is 2.18 bits per heavy atom. The molecule has 1 aromatic heterocycles. The van der Waals surface area contributed by atoms with Gasteiger partial charge >= 0.3 is 0 Å². The van der Waals surface area contributed by atoms with Crippen LogP contribution in [-0.2, 0) is 5.41 Å². The second kappa shape index (κ2) is 13.8. The van der Waals surface area contributed by atoms with E-state index in [1.165, 1.54) is 97.8 Å². The quantitative estimate of drug-likeness (QED) is 0.161. The zero-order valence-corrected chi connectivity index (χ0v) is 37.6. The molecule has 1 fully saturated rings. The molecule has 1 saturated carbocycles. The SMILES string of the molecule is Cc1cc2c3c(c1)N1c4c(cccc4C4(C)CCCCC14C)B3c1ccc(N(c3ccccc3)c3cccc(-c4ccc5ccccc5c4)c3)cc1N2c1ccc2c(c1)oc1ccccc12. The Morgan fingerprint density at radius 2 is 1.27 bits per heavy atom. The maximum atomic E-state index is 6.64. The molecular weight excluding hydrogens is 802 g/mol. The predicted octanol–water partition coefficient (Wildman–Crippen LogP) is 14.5. The smallest absolute Gasteiger partial charge is 0.252 e. The Kier molecular flexibility index (Phi) is 7.89. The molecule has 4 heterocycles. The Labute approximate surface area is 386 Å². The first kappa shape index (κ1) is 37.8. The highest BCUT2D eigenvalue weighted by Gasteiger charge is 2.61. The summed E-state index contributed by atoms with van der Waals surface area (Å²) in [4.78, 5) is 7.80. The third-order valence-corrected chi connectivity index (χ3v) is 16.2. The fourth-order valence-corrected chi connectivity index (χ4v) is 12.9. The van der Waals surface area contributed by atoms with Gasteiger partial charge in [-0.15, -0.1) is 0 Å². The van der Waals surface area contributed by atoms with E-state index in [0.29, 0.717) is 0 Å². The summed E-state index contributed by atoms with van der Waals surface area (Å²) in [6.07, 6.45) is 4.90. The van der Waals surface area contributed by atoms with Crippen LogP contribution in [0.5, 0.6) is 0 Å². The lowest BCUT2D eigenvalue weighted by Crippen LogP contribution is -2.64. The van der Waals surface area contributed by atoms with Crippen molar-refractivity contribution in [1.82, 2.24) is 0 Å². The van der Waals surface area contributed by atoms with E-state index < -0.39 is 0 Å². The van der Waals surface area contributed by atoms with Gasteiger partial charge in [-0.2, -0.15) is 0 Å². The highest BCUT2D eigenvalue weighted by Crippen LogP contribution is 2.62. The second-order valence-corrected chi connectivity index (χ2v) is 19.7. The first-order valence-corrected chi connectivity index (χ1v) is 23.7. The lowest BCUT2D eigenvalue weighted by atomic mass is 9.33. The molecule has 2 atom stereocenters. The number of hydrogen-bond donors (Lipinski definition) is 0. The van der Waals surface area contributed by atoms with Crippen LogP contribution < -0.4 is 31.1 Å². The number of rotatable bonds is 5. The normalized spacial score (nSPS) is 18.9. The minimum Gasteiger partial charge on any atom is -0.456 e. The number of hydrogen-bond acceptors (Lipinski definition) is 4. The van der Waals surface area contributed by atoms with Crippen molar-refractivity contribution < 1.29 is 4.42 Å². The second-order valence-electron chi connectivity index (χ2n) is 19.7. The van der Waals surface area contributed by atoms with E-state index in [9.17, 15) is 0 Å². The first-order valence-electron chi connectivity index (χ1n) is 23.7. The van der Waals surface area contributed by atoms with Crippen LogP contribution in [0.25, 0.3) is 43.8 Å². The minimum absolute atomic E-state index is 0.0318. The van der Waals surface area contributed by atoms with Gasteiger partial charge in [-0.3, -0.25) is 0 Å². The molecule has 4 nitrogen and oxygen atoms in total. The van der Waals surface area contributed by atoms with Crippen LogP contribution in [-0.4, -0.2) is 12.3 Å². The van der Waals surface area contributed by atoms with E-state index in [-0.39, 0.29) is 17.7 Å². The molecule has 0 spiro atoms. The summed E-state index contributed by atoms with van der Waals surface area (Å²) < 4.78 is 6.64. The van der Waals surface area contributed by atoms with Crippen molar-refractivity contribution in [3.63, 3.8) is 0 Å². The molecule has 14 rings (SSSR count). The van der Waals surface area contributed by atoms with E-state index >= 15 is 0 Å². The van der Waals surface area contributed by atoms with Gasteiger partial charge in [-0.1, -0.05) is 129 Å². The molecular formula is C61H48BN3O. The summed E-state index contributed by atoms with van der Waals surface area (Å²) in [5.41, 5.74) is 20.8. The highest BCUT2D eigenvalue weighted by molar-refractivity contribution is 7.00. The van der Waals surface area contributed by atoms with Gasteiger partial charge < -0.3 is 19.1 Å². The molecule has 316 valence electrons. The Bertz CT molecular complexity index is 3650. The molecule has 9 aromatic carbocycles. The van der Waals surface area contributed by atoms with Crippen LogP contribution >= 0.6 is 0 Å². The van der Waals surface area contributed by atoms with Crippen LogP contribution in [0.1, 0.15) is 50.7 Å². The van der Waals surface area contributed by atoms with Gasteiger partial charge in [0.15, 0.2) is 0 Å². The fourth-order valence-electron chi connectivity index (χ4n) is 12.9. The summed E-state index contributed by atoms with van der Waals surface area (Å²) in [6.45, 7) is 7.48. The Hall–Kier alpha value is -7.50. The van der Waals surface area contributed by atoms with Gasteiger partial charge in [0.1, 0.15) is 11.2 Å². The van der Waals surface area contributed by atoms with Crippen LogP contribution in [0, 0.1) is 6.92 Å². The van der Waals surface area contributed by atoms with Gasteiger partial charge in [0.25, 0.3) is 6.71 Å². The third kappa shape index (κ3) is 5.17. The lowest BCUT2D eigenvalue weighted by Gasteiger charge is -2.52. The fraction of sp³-hybridized carbons (Fsp3) is 0.148. The number of para-hydroxylation sites is 3. The molecule has 4 aliphatic rings. The van der Waals surface area contributed by atoms with Gasteiger partial charge in [0.05, 0.1) is 5.54 Å². The summed E-state index contributed by atoms with van der Waals surface area (Å²) in [6, 6.07) is 70.0. The maximum absolute atomic E-state index is 6.64. The average molecular weight is 850 g/mol. The van der Waals surface area contributed by atoms with Crippen molar-refractivity contribution >= 4 is 101 Å². The molecule has 0 radical (unpaired) electrons. The average Bonchev–Trinajstić information content (AvgIpc) is 3.82. The van der Waals surface area contributed by atoms with Crippen molar-refractivity contribution in [3.8, 4) is 11.1 Å². The Balaban J connectivity index is 1.02. The number of aryl methyl sites for hydroxylation is 1. The van der Waals surface area contributed by atoms with Gasteiger partial charge in [0.2, 0.25) is 0 Å². The largest absolute Gasteiger partial charge is 0.456 e. The van der Waals surface area contributed by atoms with E-state index in [2.05, 4.69) is 224 Å². The molecule has 0 N–H and O–H groups in total. The molecule has 2 unspecified atom stereocenters. The van der Waals surface area contributed by atoms with Crippen molar-refractivity contribution in [1.29, 1.82) is 0 Å². The third-order valence-electron chi connectivity index (χ3n) is 16.2. The molecule has 1 aliphatic carbocycles. The van der Waals surface area contributed by atoms with Crippen molar-refractivity contribution in [3.05, 3.63) is 199 Å². The van der Waals surface area contributed by atoms with Gasteiger partial charge in [-0.25, -0.2) is 0 Å². The number of benzene rings is 9. The molecule has 0 amide bonds. The molecule has 10 aromatic rings. The summed E-state index contributed by atoms with van der Waals surface area (Å²) in [7, 11) is 0. The zero-order chi connectivity index (χ0) is 43.9. The summed E-state index contributed by atoms with van der Waals surface area (Å²) >= 11 is 0. The lowest BCUT2D eigenvalue weighted by molar-refractivity contribution is 0.195. The molecule has 5 heteroatoms. The van der Waals surface area contributed by atoms with Crippen LogP contribution in [0.3, 0.4) is 0 Å². The zero-order valence-electron chi connectivity index (χ0n) is 37.6. The van der Waals surface area contributed by atoms with E-state index in [4.69, 9.17) is 4.42 Å². The topological polar surface area (TPSA) is 22.9 Å². The van der Waals surface area contributed by atoms with Crippen molar-refractivity contribution in [2.75, 3.05) is 14.7 Å². The summed E-state index contributed by atoms with van der Waals surface area (Å²) in [5, 5.41) is 4.77. The van der Waals surface area contributed by atoms with Gasteiger partial charge in [0, 0.05) is 67.8 Å². The predicted molar refractivity (Wildman–Crippen MR) is 278 cm³/mol. The monoisotopic (exact) mass is 849 g/mol. The standard InChI is InChI=1S/C61H48BN3O/c1-39-33-54-58-55(34-39)65-59-50(60(2)31-11-12-32-61(60,65)3)22-14-23-52(59)62(58)51-30-28-46(37-53(51)64(54)47-27-29-49-48-21-9-10-24-56(48)66-57(49)38-47)63(44-18-5-4-6-19-44)45-20-13-17-42(36-45)43-26-25-40-15-7-8-16-41(40)35-43/h4-10,13-30,33-38H,11-12,31-32H2,1-3H3. The van der Waals surface area contributed by atoms with Crippen LogP contribution in [0.4, 0.5) is 45.5 Å². The van der Waals surface area contributed by atoms with Crippen LogP contribution in [0.2, 0.25) is 0 Å². The highest BCUT2D eigenvalue weighted by atomic mass is 16.3. The van der Waals surface area contributed by atoms with Crippen molar-refractivity contribution in [2.45, 2.75) is 57.4 Å². The molecule has 3 aliphatic heterocycles. The van der Waals surface area contributed by atoms with Crippen molar-refractivity contribution in [2.24, 2.45) is 0 Å². The van der Waals surface area contributed by atoms with E-state index in [0.717, 1.165) is 44.7 Å². The first-order chi connectivity index (χ1) is 32.4. The molecule has 66 heavy (non-hydrogen) atoms. The van der Waals surface area contributed by atoms with Gasteiger partial charge in [-0.05, 0) is 149 Å². The maximum Gasteiger partial charge on any atom is 0.252 e. The van der Waals surface area contributed by atoms with E-state index in [1.807, 2.05) is 0 Å². The minimum atomic E-state index is -0.0318. The number of fused-ring (bicyclic) bond motifs is 11. The Morgan fingerprint density at radius 1 is 0.530 bits per heavy atom. The molecule has 0 bridgehead atoms. The van der Waals surface area contributed by atoms with E-state index in [1.54, 1.807) is 0 Å². The number of anilines is 8. The number of furan rings is 1. The van der Waals surface area contributed by atoms with Crippen LogP contribution in [0.15, 0.2) is 192 Å². The number of nitrogens with zero attached hydrogens (tertiary/aromatic N) is 3. The summed E-state index contributed by atoms with van der Waals surface area (Å²) in [5.74, 6) is 0.